The summed E-state index contributed by atoms with van der Waals surface area (Å²) in [5, 5.41) is 0. The van der Waals surface area contributed by atoms with Gasteiger partial charge in [-0.2, -0.15) is 0 Å². The molecule has 1 aromatic carbocycles. The predicted molar refractivity (Wildman–Crippen MR) is 76.2 cm³/mol. The molecule has 3 heteroatoms. The molecule has 19 heavy (non-hydrogen) atoms. The minimum atomic E-state index is 0.0856. The van der Waals surface area contributed by atoms with Gasteiger partial charge in [0.2, 0.25) is 0 Å². The normalized spacial score (nSPS) is 14.8. The van der Waals surface area contributed by atoms with Crippen molar-refractivity contribution in [3.8, 4) is 11.3 Å². The van der Waals surface area contributed by atoms with Crippen molar-refractivity contribution in [2.24, 2.45) is 0 Å². The predicted octanol–water partition coefficient (Wildman–Crippen LogP) is 2.95. The van der Waals surface area contributed by atoms with E-state index >= 15 is 0 Å². The van der Waals surface area contributed by atoms with Crippen LogP contribution in [0.25, 0.3) is 11.3 Å². The van der Waals surface area contributed by atoms with E-state index in [9.17, 15) is 4.79 Å². The molecule has 98 valence electrons. The molecule has 0 unspecified atom stereocenters. The van der Waals surface area contributed by atoms with E-state index in [1.165, 1.54) is 12.0 Å². The lowest BCUT2D eigenvalue weighted by Gasteiger charge is -2.10. The maximum absolute atomic E-state index is 12.2. The SMILES string of the molecule is Cc1ccc(-c2cc(=O)n3c(n2)CCCCC3)cc1. The van der Waals surface area contributed by atoms with Crippen LogP contribution in [-0.2, 0) is 13.0 Å². The smallest absolute Gasteiger partial charge is 0.254 e. The van der Waals surface area contributed by atoms with Crippen LogP contribution in [0.2, 0.25) is 0 Å². The van der Waals surface area contributed by atoms with Crippen molar-refractivity contribution in [3.05, 3.63) is 52.1 Å². The average molecular weight is 254 g/mol. The first-order valence-electron chi connectivity index (χ1n) is 6.92. The van der Waals surface area contributed by atoms with E-state index in [1.807, 2.05) is 16.7 Å². The van der Waals surface area contributed by atoms with Gasteiger partial charge < -0.3 is 0 Å². The van der Waals surface area contributed by atoms with E-state index < -0.39 is 0 Å². The molecule has 2 heterocycles. The minimum absolute atomic E-state index is 0.0856. The molecular formula is C16H18N2O. The van der Waals surface area contributed by atoms with Crippen LogP contribution in [0.5, 0.6) is 0 Å². The third-order valence-electron chi connectivity index (χ3n) is 3.72. The third-order valence-corrected chi connectivity index (χ3v) is 3.72. The van der Waals surface area contributed by atoms with Crippen LogP contribution >= 0.6 is 0 Å². The Bertz CT molecular complexity index is 641. The van der Waals surface area contributed by atoms with E-state index in [-0.39, 0.29) is 5.56 Å². The second kappa shape index (κ2) is 5.00. The van der Waals surface area contributed by atoms with Crippen molar-refractivity contribution in [1.82, 2.24) is 9.55 Å². The summed E-state index contributed by atoms with van der Waals surface area (Å²) in [4.78, 5) is 16.9. The van der Waals surface area contributed by atoms with Gasteiger partial charge in [0.05, 0.1) is 5.69 Å². The monoisotopic (exact) mass is 254 g/mol. The van der Waals surface area contributed by atoms with E-state index in [4.69, 9.17) is 4.98 Å². The van der Waals surface area contributed by atoms with Crippen molar-refractivity contribution >= 4 is 0 Å². The summed E-state index contributed by atoms with van der Waals surface area (Å²) in [5.41, 5.74) is 3.13. The molecule has 0 bridgehead atoms. The first kappa shape index (κ1) is 12.2. The molecule has 0 amide bonds. The highest BCUT2D eigenvalue weighted by atomic mass is 16.1. The zero-order valence-corrected chi connectivity index (χ0v) is 11.2. The van der Waals surface area contributed by atoms with Crippen LogP contribution in [0, 0.1) is 6.92 Å². The second-order valence-electron chi connectivity index (χ2n) is 5.22. The largest absolute Gasteiger partial charge is 0.297 e. The molecule has 0 atom stereocenters. The molecule has 0 fully saturated rings. The highest BCUT2D eigenvalue weighted by Crippen LogP contribution is 2.18. The molecule has 0 spiro atoms. The Hall–Kier alpha value is -1.90. The molecular weight excluding hydrogens is 236 g/mol. The van der Waals surface area contributed by atoms with Gasteiger partial charge in [0.1, 0.15) is 5.82 Å². The Morgan fingerprint density at radius 2 is 1.89 bits per heavy atom. The molecule has 1 aliphatic rings. The second-order valence-corrected chi connectivity index (χ2v) is 5.22. The first-order valence-corrected chi connectivity index (χ1v) is 6.92. The van der Waals surface area contributed by atoms with Crippen molar-refractivity contribution in [3.63, 3.8) is 0 Å². The van der Waals surface area contributed by atoms with E-state index in [1.54, 1.807) is 6.07 Å². The van der Waals surface area contributed by atoms with Crippen LogP contribution in [0.3, 0.4) is 0 Å². The minimum Gasteiger partial charge on any atom is -0.297 e. The fraction of sp³-hybridized carbons (Fsp3) is 0.375. The molecule has 0 aliphatic carbocycles. The highest BCUT2D eigenvalue weighted by molar-refractivity contribution is 5.59. The lowest BCUT2D eigenvalue weighted by Crippen LogP contribution is -2.23. The lowest BCUT2D eigenvalue weighted by atomic mass is 10.1. The van der Waals surface area contributed by atoms with E-state index in [2.05, 4.69) is 19.1 Å². The van der Waals surface area contributed by atoms with Gasteiger partial charge in [0.15, 0.2) is 0 Å². The molecule has 3 rings (SSSR count). The van der Waals surface area contributed by atoms with Crippen molar-refractivity contribution in [1.29, 1.82) is 0 Å². The summed E-state index contributed by atoms with van der Waals surface area (Å²) in [6.45, 7) is 2.87. The Labute approximate surface area is 112 Å². The lowest BCUT2D eigenvalue weighted by molar-refractivity contribution is 0.609. The van der Waals surface area contributed by atoms with Gasteiger partial charge in [-0.1, -0.05) is 36.2 Å². The Balaban J connectivity index is 2.08. The summed E-state index contributed by atoms with van der Waals surface area (Å²) in [5.74, 6) is 0.945. The number of aryl methyl sites for hydroxylation is 2. The Morgan fingerprint density at radius 1 is 1.11 bits per heavy atom. The molecule has 0 saturated carbocycles. The van der Waals surface area contributed by atoms with Gasteiger partial charge in [-0.3, -0.25) is 9.36 Å². The van der Waals surface area contributed by atoms with E-state index in [0.29, 0.717) is 0 Å². The molecule has 0 N–H and O–H groups in total. The topological polar surface area (TPSA) is 34.9 Å². The zero-order chi connectivity index (χ0) is 13.2. The van der Waals surface area contributed by atoms with Gasteiger partial charge in [0.25, 0.3) is 5.56 Å². The van der Waals surface area contributed by atoms with Crippen molar-refractivity contribution in [2.75, 3.05) is 0 Å². The number of fused-ring (bicyclic) bond motifs is 1. The molecule has 2 aromatic rings. The number of aromatic nitrogens is 2. The van der Waals surface area contributed by atoms with Gasteiger partial charge in [0, 0.05) is 24.6 Å². The van der Waals surface area contributed by atoms with Crippen LogP contribution in [0.1, 0.15) is 30.7 Å². The summed E-state index contributed by atoms with van der Waals surface area (Å²) in [7, 11) is 0. The third kappa shape index (κ3) is 2.46. The summed E-state index contributed by atoms with van der Waals surface area (Å²) < 4.78 is 1.84. The summed E-state index contributed by atoms with van der Waals surface area (Å²) >= 11 is 0. The fourth-order valence-corrected chi connectivity index (χ4v) is 2.59. The standard InChI is InChI=1S/C16H18N2O/c1-12-6-8-13(9-7-12)14-11-16(19)18-10-4-2-3-5-15(18)17-14/h6-9,11H,2-5,10H2,1H3. The Kier molecular flexibility index (Phi) is 3.20. The maximum atomic E-state index is 12.2. The molecule has 1 aliphatic heterocycles. The number of rotatable bonds is 1. The van der Waals surface area contributed by atoms with Gasteiger partial charge in [-0.05, 0) is 19.8 Å². The van der Waals surface area contributed by atoms with Crippen LogP contribution in [-0.4, -0.2) is 9.55 Å². The maximum Gasteiger partial charge on any atom is 0.254 e. The van der Waals surface area contributed by atoms with Crippen LogP contribution < -0.4 is 5.56 Å². The molecule has 0 radical (unpaired) electrons. The molecule has 3 nitrogen and oxygen atoms in total. The highest BCUT2D eigenvalue weighted by Gasteiger charge is 2.12. The van der Waals surface area contributed by atoms with Gasteiger partial charge in [-0.15, -0.1) is 0 Å². The fourth-order valence-electron chi connectivity index (χ4n) is 2.59. The zero-order valence-electron chi connectivity index (χ0n) is 11.2. The van der Waals surface area contributed by atoms with E-state index in [0.717, 1.165) is 42.9 Å². The molecule has 1 aromatic heterocycles. The van der Waals surface area contributed by atoms with Gasteiger partial charge >= 0.3 is 0 Å². The number of benzene rings is 1. The van der Waals surface area contributed by atoms with Crippen LogP contribution in [0.4, 0.5) is 0 Å². The van der Waals surface area contributed by atoms with Crippen LogP contribution in [0.15, 0.2) is 35.1 Å². The number of nitrogens with zero attached hydrogens (tertiary/aromatic N) is 2. The van der Waals surface area contributed by atoms with Crippen molar-refractivity contribution < 1.29 is 0 Å². The summed E-state index contributed by atoms with van der Waals surface area (Å²) in [6.07, 6.45) is 4.31. The quantitative estimate of drug-likeness (QED) is 0.784. The number of hydrogen-bond donors (Lipinski definition) is 0. The molecule has 0 saturated heterocycles. The Morgan fingerprint density at radius 3 is 2.68 bits per heavy atom. The summed E-state index contributed by atoms with van der Waals surface area (Å²) in [6, 6.07) is 9.84. The number of hydrogen-bond acceptors (Lipinski definition) is 2. The van der Waals surface area contributed by atoms with Gasteiger partial charge in [-0.25, -0.2) is 4.98 Å². The van der Waals surface area contributed by atoms with Crippen molar-refractivity contribution in [2.45, 2.75) is 39.2 Å². The average Bonchev–Trinajstić information content (AvgIpc) is 2.65. The first-order chi connectivity index (χ1) is 9.24.